The van der Waals surface area contributed by atoms with Crippen molar-refractivity contribution in [3.63, 3.8) is 0 Å². The number of rotatable bonds is 7. The number of guanidine groups is 1. The van der Waals surface area contributed by atoms with Gasteiger partial charge in [-0.1, -0.05) is 30.3 Å². The van der Waals surface area contributed by atoms with Gasteiger partial charge in [0.25, 0.3) is 0 Å². The van der Waals surface area contributed by atoms with Crippen molar-refractivity contribution < 1.29 is 0 Å². The first-order valence-electron chi connectivity index (χ1n) is 9.48. The largest absolute Gasteiger partial charge is 0.356 e. The summed E-state index contributed by atoms with van der Waals surface area (Å²) in [6.07, 6.45) is 5.39. The molecule has 2 heterocycles. The van der Waals surface area contributed by atoms with Gasteiger partial charge in [-0.25, -0.2) is 0 Å². The first-order chi connectivity index (χ1) is 12.8. The molecule has 1 saturated heterocycles. The van der Waals surface area contributed by atoms with Crippen LogP contribution in [0.2, 0.25) is 0 Å². The van der Waals surface area contributed by atoms with Crippen LogP contribution in [0.4, 0.5) is 0 Å². The first kappa shape index (κ1) is 18.4. The monoisotopic (exact) mass is 351 g/mol. The zero-order chi connectivity index (χ0) is 18.0. The molecule has 26 heavy (non-hydrogen) atoms. The normalized spacial score (nSPS) is 15.2. The lowest BCUT2D eigenvalue weighted by atomic mass is 10.1. The van der Waals surface area contributed by atoms with Gasteiger partial charge in [0.05, 0.1) is 0 Å². The van der Waals surface area contributed by atoms with E-state index in [-0.39, 0.29) is 0 Å². The molecule has 0 bridgehead atoms. The van der Waals surface area contributed by atoms with Crippen LogP contribution in [0, 0.1) is 0 Å². The highest BCUT2D eigenvalue weighted by atomic mass is 15.2. The molecule has 1 aromatic carbocycles. The molecule has 0 spiro atoms. The van der Waals surface area contributed by atoms with Crippen molar-refractivity contribution in [2.75, 3.05) is 26.7 Å². The topological polar surface area (TPSA) is 52.6 Å². The van der Waals surface area contributed by atoms with Gasteiger partial charge < -0.3 is 10.6 Å². The lowest BCUT2D eigenvalue weighted by molar-refractivity contribution is 0.331. The van der Waals surface area contributed by atoms with Gasteiger partial charge in [-0.3, -0.25) is 14.9 Å². The third-order valence-electron chi connectivity index (χ3n) is 4.71. The lowest BCUT2D eigenvalue weighted by Crippen LogP contribution is -2.37. The van der Waals surface area contributed by atoms with Crippen molar-refractivity contribution in [2.45, 2.75) is 32.4 Å². The van der Waals surface area contributed by atoms with E-state index in [0.29, 0.717) is 0 Å². The van der Waals surface area contributed by atoms with Gasteiger partial charge in [-0.2, -0.15) is 0 Å². The molecule has 0 atom stereocenters. The molecule has 1 aromatic heterocycles. The van der Waals surface area contributed by atoms with E-state index >= 15 is 0 Å². The number of hydrogen-bond donors (Lipinski definition) is 2. The summed E-state index contributed by atoms with van der Waals surface area (Å²) in [6.45, 7) is 5.14. The van der Waals surface area contributed by atoms with Crippen LogP contribution in [0.5, 0.6) is 0 Å². The summed E-state index contributed by atoms with van der Waals surface area (Å²) in [5.41, 5.74) is 3.75. The molecule has 2 N–H and O–H groups in total. The van der Waals surface area contributed by atoms with Crippen molar-refractivity contribution in [3.8, 4) is 0 Å². The van der Waals surface area contributed by atoms with Crippen molar-refractivity contribution in [1.29, 1.82) is 0 Å². The molecule has 5 heteroatoms. The van der Waals surface area contributed by atoms with E-state index < -0.39 is 0 Å². The fraction of sp³-hybridized carbons (Fsp3) is 0.429. The Hall–Kier alpha value is -2.40. The standard InChI is InChI=1S/C21H29N5/c1-22-21(24-13-11-20-6-2-3-12-23-20)25-16-18-7-9-19(10-8-18)17-26-14-4-5-15-26/h2-3,6-10,12H,4-5,11,13-17H2,1H3,(H2,22,24,25). The summed E-state index contributed by atoms with van der Waals surface area (Å²) in [4.78, 5) is 11.2. The average Bonchev–Trinajstić information content (AvgIpc) is 3.19. The van der Waals surface area contributed by atoms with Gasteiger partial charge >= 0.3 is 0 Å². The fourth-order valence-corrected chi connectivity index (χ4v) is 3.22. The summed E-state index contributed by atoms with van der Waals surface area (Å²) >= 11 is 0. The van der Waals surface area contributed by atoms with Crippen LogP contribution < -0.4 is 10.6 Å². The second-order valence-electron chi connectivity index (χ2n) is 6.72. The first-order valence-corrected chi connectivity index (χ1v) is 9.48. The van der Waals surface area contributed by atoms with E-state index in [1.807, 2.05) is 24.4 Å². The summed E-state index contributed by atoms with van der Waals surface area (Å²) in [5, 5.41) is 6.71. The van der Waals surface area contributed by atoms with Crippen LogP contribution in [-0.4, -0.2) is 42.5 Å². The third kappa shape index (κ3) is 5.85. The quantitative estimate of drug-likeness (QED) is 0.595. The average molecular weight is 351 g/mol. The summed E-state index contributed by atoms with van der Waals surface area (Å²) in [5.74, 6) is 0.821. The molecule has 138 valence electrons. The Labute approximate surface area is 156 Å². The van der Waals surface area contributed by atoms with E-state index in [0.717, 1.165) is 37.7 Å². The second kappa shape index (κ2) is 9.92. The highest BCUT2D eigenvalue weighted by Gasteiger charge is 2.11. The van der Waals surface area contributed by atoms with Gasteiger partial charge in [-0.15, -0.1) is 0 Å². The molecule has 0 saturated carbocycles. The molecule has 0 aliphatic carbocycles. The minimum absolute atomic E-state index is 0.771. The number of aliphatic imine (C=N–C) groups is 1. The van der Waals surface area contributed by atoms with Crippen LogP contribution in [0.15, 0.2) is 53.7 Å². The number of hydrogen-bond acceptors (Lipinski definition) is 3. The Balaban J connectivity index is 1.40. The van der Waals surface area contributed by atoms with Crippen LogP contribution in [0.25, 0.3) is 0 Å². The van der Waals surface area contributed by atoms with E-state index in [1.54, 1.807) is 7.05 Å². The smallest absolute Gasteiger partial charge is 0.191 e. The van der Waals surface area contributed by atoms with Crippen LogP contribution in [0.1, 0.15) is 29.7 Å². The summed E-state index contributed by atoms with van der Waals surface area (Å²) in [7, 11) is 1.80. The molecule has 1 fully saturated rings. The predicted molar refractivity (Wildman–Crippen MR) is 107 cm³/mol. The molecule has 1 aliphatic rings. The zero-order valence-electron chi connectivity index (χ0n) is 15.6. The zero-order valence-corrected chi connectivity index (χ0v) is 15.6. The van der Waals surface area contributed by atoms with E-state index in [4.69, 9.17) is 0 Å². The molecular weight excluding hydrogens is 322 g/mol. The Bertz CT molecular complexity index is 675. The maximum atomic E-state index is 4.34. The predicted octanol–water partition coefficient (Wildman–Crippen LogP) is 2.59. The molecule has 3 rings (SSSR count). The second-order valence-corrected chi connectivity index (χ2v) is 6.72. The van der Waals surface area contributed by atoms with Gasteiger partial charge in [0.2, 0.25) is 0 Å². The van der Waals surface area contributed by atoms with E-state index in [2.05, 4.69) is 49.8 Å². The summed E-state index contributed by atoms with van der Waals surface area (Å²) < 4.78 is 0. The number of pyridine rings is 1. The van der Waals surface area contributed by atoms with E-state index in [1.165, 1.54) is 37.1 Å². The number of nitrogens with zero attached hydrogens (tertiary/aromatic N) is 3. The van der Waals surface area contributed by atoms with E-state index in [9.17, 15) is 0 Å². The van der Waals surface area contributed by atoms with Gasteiger partial charge in [0.15, 0.2) is 5.96 Å². The molecule has 5 nitrogen and oxygen atoms in total. The lowest BCUT2D eigenvalue weighted by Gasteiger charge is -2.15. The van der Waals surface area contributed by atoms with Crippen molar-refractivity contribution in [2.24, 2.45) is 4.99 Å². The maximum Gasteiger partial charge on any atom is 0.191 e. The van der Waals surface area contributed by atoms with Crippen molar-refractivity contribution in [1.82, 2.24) is 20.5 Å². The van der Waals surface area contributed by atoms with Gasteiger partial charge in [0, 0.05) is 45.0 Å². The highest BCUT2D eigenvalue weighted by Crippen LogP contribution is 2.13. The SMILES string of the molecule is CN=C(NCCc1ccccn1)NCc1ccc(CN2CCCC2)cc1. The van der Waals surface area contributed by atoms with Gasteiger partial charge in [0.1, 0.15) is 0 Å². The van der Waals surface area contributed by atoms with Gasteiger partial charge in [-0.05, 0) is 49.2 Å². The molecular formula is C21H29N5. The molecule has 0 radical (unpaired) electrons. The molecule has 0 unspecified atom stereocenters. The Morgan fingerprint density at radius 3 is 2.50 bits per heavy atom. The number of benzene rings is 1. The minimum atomic E-state index is 0.771. The van der Waals surface area contributed by atoms with Crippen molar-refractivity contribution in [3.05, 3.63) is 65.5 Å². The Morgan fingerprint density at radius 1 is 1.04 bits per heavy atom. The molecule has 0 amide bonds. The van der Waals surface area contributed by atoms with Crippen molar-refractivity contribution >= 4 is 5.96 Å². The Morgan fingerprint density at radius 2 is 1.81 bits per heavy atom. The number of aromatic nitrogens is 1. The third-order valence-corrected chi connectivity index (χ3v) is 4.71. The number of likely N-dealkylation sites (tertiary alicyclic amines) is 1. The maximum absolute atomic E-state index is 4.34. The van der Waals surface area contributed by atoms with Crippen LogP contribution >= 0.6 is 0 Å². The van der Waals surface area contributed by atoms with Crippen LogP contribution in [-0.2, 0) is 19.5 Å². The Kier molecular flexibility index (Phi) is 7.02. The molecule has 2 aromatic rings. The fourth-order valence-electron chi connectivity index (χ4n) is 3.22. The number of nitrogens with one attached hydrogen (secondary N) is 2. The highest BCUT2D eigenvalue weighted by molar-refractivity contribution is 5.79. The minimum Gasteiger partial charge on any atom is -0.356 e. The molecule has 1 aliphatic heterocycles. The van der Waals surface area contributed by atoms with Crippen LogP contribution in [0.3, 0.4) is 0 Å². The summed E-state index contributed by atoms with van der Waals surface area (Å²) in [6, 6.07) is 14.9.